The van der Waals surface area contributed by atoms with Crippen molar-refractivity contribution in [1.29, 1.82) is 0 Å². The summed E-state index contributed by atoms with van der Waals surface area (Å²) >= 11 is 1.91. The number of nitrogens with one attached hydrogen (secondary N) is 1. The molecule has 1 aromatic heterocycles. The maximum absolute atomic E-state index is 3.60. The van der Waals surface area contributed by atoms with Gasteiger partial charge in [-0.25, -0.2) is 0 Å². The van der Waals surface area contributed by atoms with E-state index in [-0.39, 0.29) is 0 Å². The summed E-state index contributed by atoms with van der Waals surface area (Å²) < 4.78 is 0. The third kappa shape index (κ3) is 3.30. The molecule has 1 aliphatic heterocycles. The summed E-state index contributed by atoms with van der Waals surface area (Å²) in [5.74, 6) is 0.777. The van der Waals surface area contributed by atoms with Crippen LogP contribution in [0, 0.1) is 5.92 Å². The summed E-state index contributed by atoms with van der Waals surface area (Å²) in [4.78, 5) is 4.07. The number of piperidine rings is 1. The van der Waals surface area contributed by atoms with Gasteiger partial charge in [0.25, 0.3) is 0 Å². The molecule has 1 N–H and O–H groups in total. The molecule has 2 unspecified atom stereocenters. The van der Waals surface area contributed by atoms with E-state index in [2.05, 4.69) is 41.7 Å². The van der Waals surface area contributed by atoms with E-state index in [0.717, 1.165) is 12.5 Å². The maximum Gasteiger partial charge on any atom is 0.0478 e. The Bertz CT molecular complexity index is 310. The van der Waals surface area contributed by atoms with Crippen molar-refractivity contribution in [1.82, 2.24) is 10.2 Å². The van der Waals surface area contributed by atoms with Gasteiger partial charge in [-0.15, -0.1) is 11.3 Å². The Kier molecular flexibility index (Phi) is 5.01. The van der Waals surface area contributed by atoms with Crippen LogP contribution < -0.4 is 5.32 Å². The smallest absolute Gasteiger partial charge is 0.0478 e. The fraction of sp³-hybridized carbons (Fsp3) is 0.714. The van der Waals surface area contributed by atoms with Gasteiger partial charge in [0.15, 0.2) is 0 Å². The zero-order valence-electron chi connectivity index (χ0n) is 11.0. The van der Waals surface area contributed by atoms with Gasteiger partial charge in [0.1, 0.15) is 0 Å². The molecule has 1 fully saturated rings. The predicted molar refractivity (Wildman–Crippen MR) is 75.6 cm³/mol. The molecule has 2 nitrogen and oxygen atoms in total. The zero-order valence-corrected chi connectivity index (χ0v) is 11.8. The molecule has 0 aromatic carbocycles. The van der Waals surface area contributed by atoms with Crippen molar-refractivity contribution in [3.8, 4) is 0 Å². The quantitative estimate of drug-likeness (QED) is 0.810. The largest absolute Gasteiger partial charge is 0.316 e. The van der Waals surface area contributed by atoms with Gasteiger partial charge in [-0.05, 0) is 63.3 Å². The molecule has 3 heteroatoms. The summed E-state index contributed by atoms with van der Waals surface area (Å²) in [6, 6.07) is 5.11. The lowest BCUT2D eigenvalue weighted by atomic mass is 9.88. The van der Waals surface area contributed by atoms with Crippen LogP contribution in [0.3, 0.4) is 0 Å². The second-order valence-electron chi connectivity index (χ2n) is 5.05. The Labute approximate surface area is 109 Å². The van der Waals surface area contributed by atoms with Gasteiger partial charge in [-0.1, -0.05) is 13.0 Å². The monoisotopic (exact) mass is 252 g/mol. The first kappa shape index (κ1) is 13.1. The Morgan fingerprint density at radius 2 is 2.41 bits per heavy atom. The second kappa shape index (κ2) is 6.53. The van der Waals surface area contributed by atoms with Crippen LogP contribution in [0.2, 0.25) is 0 Å². The Morgan fingerprint density at radius 3 is 3.12 bits per heavy atom. The van der Waals surface area contributed by atoms with Gasteiger partial charge in [0, 0.05) is 10.9 Å². The molecular weight excluding hydrogens is 228 g/mol. The van der Waals surface area contributed by atoms with Crippen molar-refractivity contribution < 1.29 is 0 Å². The number of nitrogens with zero attached hydrogens (tertiary/aromatic N) is 1. The summed E-state index contributed by atoms with van der Waals surface area (Å²) in [6.07, 6.45) is 3.94. The van der Waals surface area contributed by atoms with Gasteiger partial charge in [-0.3, -0.25) is 4.90 Å². The molecule has 2 atom stereocenters. The Hall–Kier alpha value is -0.380. The first-order valence-corrected chi connectivity index (χ1v) is 7.65. The van der Waals surface area contributed by atoms with Crippen molar-refractivity contribution >= 4 is 11.3 Å². The van der Waals surface area contributed by atoms with Crippen LogP contribution in [0.25, 0.3) is 0 Å². The molecule has 1 saturated heterocycles. The molecule has 0 amide bonds. The standard InChI is InChI=1S/C14H24N2S/c1-3-8-15-11-12-6-4-9-16(2)14(12)13-7-5-10-17-13/h5,7,10,12,14-15H,3-4,6,8-9,11H2,1-2H3. The molecule has 0 bridgehead atoms. The van der Waals surface area contributed by atoms with Gasteiger partial charge < -0.3 is 5.32 Å². The third-order valence-electron chi connectivity index (χ3n) is 3.68. The Balaban J connectivity index is 2.01. The van der Waals surface area contributed by atoms with E-state index in [9.17, 15) is 0 Å². The highest BCUT2D eigenvalue weighted by molar-refractivity contribution is 7.10. The van der Waals surface area contributed by atoms with Crippen LogP contribution in [0.4, 0.5) is 0 Å². The van der Waals surface area contributed by atoms with Crippen molar-refractivity contribution in [3.63, 3.8) is 0 Å². The minimum absolute atomic E-state index is 0.633. The van der Waals surface area contributed by atoms with E-state index in [4.69, 9.17) is 0 Å². The molecule has 0 spiro atoms. The third-order valence-corrected chi connectivity index (χ3v) is 4.62. The van der Waals surface area contributed by atoms with Gasteiger partial charge >= 0.3 is 0 Å². The van der Waals surface area contributed by atoms with E-state index < -0.39 is 0 Å². The molecular formula is C14H24N2S. The summed E-state index contributed by atoms with van der Waals surface area (Å²) in [6.45, 7) is 5.79. The maximum atomic E-state index is 3.60. The normalized spacial score (nSPS) is 26.2. The van der Waals surface area contributed by atoms with E-state index >= 15 is 0 Å². The summed E-state index contributed by atoms with van der Waals surface area (Å²) in [5, 5.41) is 5.80. The molecule has 0 saturated carbocycles. The first-order valence-electron chi connectivity index (χ1n) is 6.77. The molecule has 1 aliphatic rings. The summed E-state index contributed by atoms with van der Waals surface area (Å²) in [5.41, 5.74) is 0. The predicted octanol–water partition coefficient (Wildman–Crippen LogP) is 3.13. The lowest BCUT2D eigenvalue weighted by Crippen LogP contribution is -2.40. The fourth-order valence-electron chi connectivity index (χ4n) is 2.85. The van der Waals surface area contributed by atoms with Crippen LogP contribution in [0.1, 0.15) is 37.1 Å². The van der Waals surface area contributed by atoms with Crippen LogP contribution in [0.5, 0.6) is 0 Å². The average Bonchev–Trinajstić information content (AvgIpc) is 2.83. The molecule has 1 aromatic rings. The molecule has 0 radical (unpaired) electrons. The van der Waals surface area contributed by atoms with E-state index in [1.165, 1.54) is 37.2 Å². The zero-order chi connectivity index (χ0) is 12.1. The molecule has 2 rings (SSSR count). The lowest BCUT2D eigenvalue weighted by Gasteiger charge is -2.39. The highest BCUT2D eigenvalue weighted by Crippen LogP contribution is 2.36. The van der Waals surface area contributed by atoms with E-state index in [1.807, 2.05) is 11.3 Å². The molecule has 2 heterocycles. The second-order valence-corrected chi connectivity index (χ2v) is 6.03. The van der Waals surface area contributed by atoms with Crippen molar-refractivity contribution in [3.05, 3.63) is 22.4 Å². The number of rotatable bonds is 5. The number of hydrogen-bond acceptors (Lipinski definition) is 3. The van der Waals surface area contributed by atoms with Gasteiger partial charge in [-0.2, -0.15) is 0 Å². The minimum atomic E-state index is 0.633. The van der Waals surface area contributed by atoms with E-state index in [1.54, 1.807) is 0 Å². The molecule has 96 valence electrons. The first-order chi connectivity index (χ1) is 8.33. The van der Waals surface area contributed by atoms with Crippen molar-refractivity contribution in [2.45, 2.75) is 32.2 Å². The van der Waals surface area contributed by atoms with Crippen LogP contribution >= 0.6 is 11.3 Å². The average molecular weight is 252 g/mol. The lowest BCUT2D eigenvalue weighted by molar-refractivity contribution is 0.122. The number of hydrogen-bond donors (Lipinski definition) is 1. The van der Waals surface area contributed by atoms with Crippen molar-refractivity contribution in [2.75, 3.05) is 26.7 Å². The van der Waals surface area contributed by atoms with Crippen molar-refractivity contribution in [2.24, 2.45) is 5.92 Å². The molecule has 0 aliphatic carbocycles. The fourth-order valence-corrected chi connectivity index (χ4v) is 3.83. The number of likely N-dealkylation sites (tertiary alicyclic amines) is 1. The highest BCUT2D eigenvalue weighted by atomic mass is 32.1. The van der Waals surface area contributed by atoms with E-state index in [0.29, 0.717) is 6.04 Å². The SMILES string of the molecule is CCCNCC1CCCN(C)C1c1cccs1. The topological polar surface area (TPSA) is 15.3 Å². The minimum Gasteiger partial charge on any atom is -0.316 e. The van der Waals surface area contributed by atoms with Crippen LogP contribution in [-0.2, 0) is 0 Å². The van der Waals surface area contributed by atoms with Crippen LogP contribution in [-0.4, -0.2) is 31.6 Å². The van der Waals surface area contributed by atoms with Gasteiger partial charge in [0.05, 0.1) is 0 Å². The number of thiophene rings is 1. The van der Waals surface area contributed by atoms with Crippen LogP contribution in [0.15, 0.2) is 17.5 Å². The molecule has 17 heavy (non-hydrogen) atoms. The van der Waals surface area contributed by atoms with Gasteiger partial charge in [0.2, 0.25) is 0 Å². The summed E-state index contributed by atoms with van der Waals surface area (Å²) in [7, 11) is 2.27. The Morgan fingerprint density at radius 1 is 1.53 bits per heavy atom. The highest BCUT2D eigenvalue weighted by Gasteiger charge is 2.30.